The Morgan fingerprint density at radius 3 is 2.61 bits per heavy atom. The van der Waals surface area contributed by atoms with E-state index in [1.807, 2.05) is 13.0 Å². The summed E-state index contributed by atoms with van der Waals surface area (Å²) in [5, 5.41) is 5.89. The van der Waals surface area contributed by atoms with Crippen LogP contribution < -0.4 is 16.4 Å². The van der Waals surface area contributed by atoms with E-state index in [1.165, 1.54) is 12.1 Å². The molecule has 2 aromatic carbocycles. The van der Waals surface area contributed by atoms with Crippen LogP contribution >= 0.6 is 11.6 Å². The summed E-state index contributed by atoms with van der Waals surface area (Å²) in [6.45, 7) is 1.82. The first-order valence-corrected chi connectivity index (χ1v) is 7.14. The summed E-state index contributed by atoms with van der Waals surface area (Å²) < 4.78 is 13.4. The summed E-state index contributed by atoms with van der Waals surface area (Å²) in [6, 6.07) is 9.05. The second kappa shape index (κ2) is 7.11. The Labute approximate surface area is 137 Å². The van der Waals surface area contributed by atoms with Gasteiger partial charge in [0.25, 0.3) is 5.91 Å². The summed E-state index contributed by atoms with van der Waals surface area (Å²) >= 11 is 6.04. The lowest BCUT2D eigenvalue weighted by atomic mass is 10.2. The number of anilines is 2. The summed E-state index contributed by atoms with van der Waals surface area (Å²) in [5.74, 6) is -1.92. The van der Waals surface area contributed by atoms with Crippen molar-refractivity contribution in [1.29, 1.82) is 0 Å². The van der Waals surface area contributed by atoms with Gasteiger partial charge in [-0.25, -0.2) is 4.39 Å². The first kappa shape index (κ1) is 16.8. The Morgan fingerprint density at radius 1 is 1.22 bits per heavy atom. The monoisotopic (exact) mass is 335 g/mol. The second-order valence-corrected chi connectivity index (χ2v) is 5.35. The van der Waals surface area contributed by atoms with Gasteiger partial charge in [0.2, 0.25) is 5.91 Å². The molecule has 0 saturated carbocycles. The quantitative estimate of drug-likeness (QED) is 0.785. The van der Waals surface area contributed by atoms with E-state index >= 15 is 0 Å². The molecule has 2 amide bonds. The van der Waals surface area contributed by atoms with E-state index in [9.17, 15) is 14.0 Å². The first-order valence-electron chi connectivity index (χ1n) is 6.76. The van der Waals surface area contributed by atoms with Gasteiger partial charge in [0, 0.05) is 5.69 Å². The molecule has 0 radical (unpaired) electrons. The van der Waals surface area contributed by atoms with Gasteiger partial charge in [-0.1, -0.05) is 17.7 Å². The summed E-state index contributed by atoms with van der Waals surface area (Å²) in [6.07, 6.45) is 0. The highest BCUT2D eigenvalue weighted by Crippen LogP contribution is 2.22. The molecule has 0 unspecified atom stereocenters. The molecule has 4 N–H and O–H groups in total. The van der Waals surface area contributed by atoms with Crippen LogP contribution in [0.1, 0.15) is 15.9 Å². The maximum atomic E-state index is 13.4. The Bertz CT molecular complexity index is 765. The Kier molecular flexibility index (Phi) is 5.18. The highest BCUT2D eigenvalue weighted by molar-refractivity contribution is 6.33. The largest absolute Gasteiger partial charge is 0.376 e. The van der Waals surface area contributed by atoms with E-state index < -0.39 is 11.7 Å². The molecule has 7 heteroatoms. The van der Waals surface area contributed by atoms with Crippen molar-refractivity contribution >= 4 is 34.8 Å². The molecule has 0 aliphatic rings. The molecule has 5 nitrogen and oxygen atoms in total. The number of nitrogens with two attached hydrogens (primary N) is 1. The number of benzene rings is 2. The van der Waals surface area contributed by atoms with Gasteiger partial charge in [-0.2, -0.15) is 0 Å². The van der Waals surface area contributed by atoms with Gasteiger partial charge in [0.1, 0.15) is 5.82 Å². The van der Waals surface area contributed by atoms with Crippen molar-refractivity contribution in [1.82, 2.24) is 0 Å². The molecule has 0 aromatic heterocycles. The van der Waals surface area contributed by atoms with Crippen LogP contribution in [0.2, 0.25) is 5.02 Å². The topological polar surface area (TPSA) is 84.2 Å². The minimum Gasteiger partial charge on any atom is -0.376 e. The molecule has 0 aliphatic carbocycles. The van der Waals surface area contributed by atoms with Crippen LogP contribution in [0.5, 0.6) is 0 Å². The summed E-state index contributed by atoms with van der Waals surface area (Å²) in [5.41, 5.74) is 6.72. The SMILES string of the molecule is Cc1ccc(NC(=O)CNc2ccc(F)c(C(N)=O)c2)c(Cl)c1. The lowest BCUT2D eigenvalue weighted by Crippen LogP contribution is -2.22. The van der Waals surface area contributed by atoms with Gasteiger partial charge in [-0.3, -0.25) is 9.59 Å². The fourth-order valence-corrected chi connectivity index (χ4v) is 2.20. The molecule has 0 fully saturated rings. The van der Waals surface area contributed by atoms with Crippen molar-refractivity contribution < 1.29 is 14.0 Å². The van der Waals surface area contributed by atoms with E-state index in [0.717, 1.165) is 11.6 Å². The lowest BCUT2D eigenvalue weighted by molar-refractivity contribution is -0.114. The predicted molar refractivity (Wildman–Crippen MR) is 88.2 cm³/mol. The molecule has 0 bridgehead atoms. The second-order valence-electron chi connectivity index (χ2n) is 4.94. The molecule has 120 valence electrons. The third kappa shape index (κ3) is 4.43. The lowest BCUT2D eigenvalue weighted by Gasteiger charge is -2.10. The van der Waals surface area contributed by atoms with Crippen molar-refractivity contribution in [2.45, 2.75) is 6.92 Å². The minimum atomic E-state index is -0.873. The fourth-order valence-electron chi connectivity index (χ4n) is 1.92. The zero-order chi connectivity index (χ0) is 17.0. The van der Waals surface area contributed by atoms with Gasteiger partial charge in [-0.05, 0) is 42.8 Å². The maximum Gasteiger partial charge on any atom is 0.251 e. The molecule has 0 aliphatic heterocycles. The molecule has 0 heterocycles. The number of halogens is 2. The van der Waals surface area contributed by atoms with E-state index in [0.29, 0.717) is 16.4 Å². The fraction of sp³-hybridized carbons (Fsp3) is 0.125. The van der Waals surface area contributed by atoms with Crippen molar-refractivity contribution in [3.8, 4) is 0 Å². The molecule has 0 atom stereocenters. The number of carbonyl (C=O) groups is 2. The number of amides is 2. The van der Waals surface area contributed by atoms with Crippen LogP contribution in [-0.4, -0.2) is 18.4 Å². The van der Waals surface area contributed by atoms with Crippen LogP contribution in [0.25, 0.3) is 0 Å². The first-order chi connectivity index (χ1) is 10.9. The minimum absolute atomic E-state index is 0.0754. The van der Waals surface area contributed by atoms with Crippen LogP contribution in [-0.2, 0) is 4.79 Å². The van der Waals surface area contributed by atoms with E-state index in [1.54, 1.807) is 12.1 Å². The maximum absolute atomic E-state index is 13.4. The number of hydrogen-bond acceptors (Lipinski definition) is 3. The number of nitrogens with one attached hydrogen (secondary N) is 2. The number of aryl methyl sites for hydroxylation is 1. The van der Waals surface area contributed by atoms with Crippen LogP contribution in [0.3, 0.4) is 0 Å². The highest BCUT2D eigenvalue weighted by atomic mass is 35.5. The standard InChI is InChI=1S/C16H15ClFN3O2/c1-9-2-5-14(12(17)6-9)21-15(22)8-20-10-3-4-13(18)11(7-10)16(19)23/h2-7,20H,8H2,1H3,(H2,19,23)(H,21,22). The molecule has 0 spiro atoms. The molecule has 0 saturated heterocycles. The average molecular weight is 336 g/mol. The molecular formula is C16H15ClFN3O2. The Hall–Kier alpha value is -2.60. The zero-order valence-electron chi connectivity index (χ0n) is 12.3. The van der Waals surface area contributed by atoms with Gasteiger partial charge in [0.05, 0.1) is 22.8 Å². The molecule has 2 aromatic rings. The normalized spacial score (nSPS) is 10.2. The highest BCUT2D eigenvalue weighted by Gasteiger charge is 2.10. The van der Waals surface area contributed by atoms with Crippen molar-refractivity contribution in [3.63, 3.8) is 0 Å². The van der Waals surface area contributed by atoms with Crippen LogP contribution in [0, 0.1) is 12.7 Å². The molecule has 2 rings (SSSR count). The number of carbonyl (C=O) groups excluding carboxylic acids is 2. The Balaban J connectivity index is 1.99. The van der Waals surface area contributed by atoms with Gasteiger partial charge >= 0.3 is 0 Å². The van der Waals surface area contributed by atoms with E-state index in [-0.39, 0.29) is 18.0 Å². The van der Waals surface area contributed by atoms with Gasteiger partial charge in [0.15, 0.2) is 0 Å². The molecule has 23 heavy (non-hydrogen) atoms. The number of rotatable bonds is 5. The smallest absolute Gasteiger partial charge is 0.251 e. The van der Waals surface area contributed by atoms with E-state index in [4.69, 9.17) is 17.3 Å². The van der Waals surface area contributed by atoms with Crippen molar-refractivity contribution in [3.05, 3.63) is 58.4 Å². The Morgan fingerprint density at radius 2 is 1.96 bits per heavy atom. The van der Waals surface area contributed by atoms with Gasteiger partial charge < -0.3 is 16.4 Å². The number of primary amides is 1. The van der Waals surface area contributed by atoms with Crippen molar-refractivity contribution in [2.75, 3.05) is 17.2 Å². The predicted octanol–water partition coefficient (Wildman–Crippen LogP) is 2.94. The zero-order valence-corrected chi connectivity index (χ0v) is 13.1. The molecular weight excluding hydrogens is 321 g/mol. The average Bonchev–Trinajstić information content (AvgIpc) is 2.49. The van der Waals surface area contributed by atoms with Crippen molar-refractivity contribution in [2.24, 2.45) is 5.73 Å². The van der Waals surface area contributed by atoms with Crippen LogP contribution in [0.15, 0.2) is 36.4 Å². The van der Waals surface area contributed by atoms with E-state index in [2.05, 4.69) is 10.6 Å². The number of hydrogen-bond donors (Lipinski definition) is 3. The summed E-state index contributed by atoms with van der Waals surface area (Å²) in [7, 11) is 0. The third-order valence-corrected chi connectivity index (χ3v) is 3.40. The van der Waals surface area contributed by atoms with Crippen LogP contribution in [0.4, 0.5) is 15.8 Å². The summed E-state index contributed by atoms with van der Waals surface area (Å²) in [4.78, 5) is 23.0. The third-order valence-electron chi connectivity index (χ3n) is 3.08. The van der Waals surface area contributed by atoms with Gasteiger partial charge in [-0.15, -0.1) is 0 Å².